The maximum absolute atomic E-state index is 12.3. The van der Waals surface area contributed by atoms with Crippen LogP contribution in [0.15, 0.2) is 4.47 Å². The van der Waals surface area contributed by atoms with Crippen molar-refractivity contribution in [2.45, 2.75) is 66.2 Å². The summed E-state index contributed by atoms with van der Waals surface area (Å²) < 4.78 is 17.5. The minimum absolute atomic E-state index is 0.0491. The van der Waals surface area contributed by atoms with Crippen LogP contribution in [0.4, 0.5) is 4.79 Å². The third-order valence-electron chi connectivity index (χ3n) is 3.89. The van der Waals surface area contributed by atoms with Gasteiger partial charge in [0.05, 0.1) is 19.2 Å². The molecule has 1 aromatic rings. The second-order valence-electron chi connectivity index (χ2n) is 8.71. The average molecular weight is 478 g/mol. The van der Waals surface area contributed by atoms with E-state index in [-0.39, 0.29) is 28.0 Å². The molecule has 1 rings (SSSR count). The van der Waals surface area contributed by atoms with Gasteiger partial charge in [-0.3, -0.25) is 4.68 Å². The van der Waals surface area contributed by atoms with Crippen molar-refractivity contribution in [1.29, 1.82) is 0 Å². The Balaban J connectivity index is 3.08. The Morgan fingerprint density at radius 2 is 1.83 bits per heavy atom. The molecule has 10 heteroatoms. The van der Waals surface area contributed by atoms with Crippen LogP contribution >= 0.6 is 15.9 Å². The number of ether oxygens (including phenoxy) is 3. The minimum atomic E-state index is -1.15. The number of nitrogens with zero attached hydrogens (tertiary/aromatic N) is 2. The molecule has 9 nitrogen and oxygen atoms in total. The molecular weight excluding hydrogens is 446 g/mol. The minimum Gasteiger partial charge on any atom is -0.476 e. The lowest BCUT2D eigenvalue weighted by atomic mass is 9.86. The number of nitrogens with one attached hydrogen (secondary N) is 1. The van der Waals surface area contributed by atoms with Crippen LogP contribution in [0.5, 0.6) is 5.88 Å². The molecule has 0 bridgehead atoms. The number of aromatic carboxylic acids is 1. The standard InChI is InChI=1S/C19H32BrN3O6/c1-18(2,3)12(21-17(26)29-19(4,5)6)11-23-14(16(24)25)13(20)15(22-23)28-10-8-9-27-7/h12H,8-11H2,1-7H3,(H,21,26)(H,24,25). The fraction of sp³-hybridized carbons (Fsp3) is 0.737. The van der Waals surface area contributed by atoms with Crippen LogP contribution in [0, 0.1) is 5.41 Å². The van der Waals surface area contributed by atoms with Crippen molar-refractivity contribution in [2.24, 2.45) is 5.41 Å². The number of hydrogen-bond donors (Lipinski definition) is 2. The summed E-state index contributed by atoms with van der Waals surface area (Å²) in [6.07, 6.45) is 0.0693. The maximum Gasteiger partial charge on any atom is 0.407 e. The van der Waals surface area contributed by atoms with Gasteiger partial charge in [0, 0.05) is 20.1 Å². The summed E-state index contributed by atoms with van der Waals surface area (Å²) in [6.45, 7) is 12.1. The van der Waals surface area contributed by atoms with Gasteiger partial charge in [-0.15, -0.1) is 5.10 Å². The van der Waals surface area contributed by atoms with Crippen molar-refractivity contribution < 1.29 is 28.9 Å². The molecule has 166 valence electrons. The molecule has 0 radical (unpaired) electrons. The second-order valence-corrected chi connectivity index (χ2v) is 9.51. The van der Waals surface area contributed by atoms with Crippen LogP contribution in [0.1, 0.15) is 58.5 Å². The van der Waals surface area contributed by atoms with Gasteiger partial charge >= 0.3 is 12.1 Å². The molecule has 0 fully saturated rings. The molecule has 0 aromatic carbocycles. The van der Waals surface area contributed by atoms with Gasteiger partial charge in [-0.1, -0.05) is 20.8 Å². The molecule has 1 amide bonds. The number of carbonyl (C=O) groups is 2. The Bertz CT molecular complexity index is 706. The topological polar surface area (TPSA) is 112 Å². The van der Waals surface area contributed by atoms with Crippen LogP contribution < -0.4 is 10.1 Å². The molecular formula is C19H32BrN3O6. The highest BCUT2D eigenvalue weighted by Gasteiger charge is 2.32. The number of carbonyl (C=O) groups excluding carboxylic acids is 1. The predicted molar refractivity (Wildman–Crippen MR) is 111 cm³/mol. The van der Waals surface area contributed by atoms with E-state index >= 15 is 0 Å². The molecule has 29 heavy (non-hydrogen) atoms. The maximum atomic E-state index is 12.3. The van der Waals surface area contributed by atoms with Crippen molar-refractivity contribution in [3.63, 3.8) is 0 Å². The number of amides is 1. The molecule has 1 aromatic heterocycles. The van der Waals surface area contributed by atoms with Crippen molar-refractivity contribution in [3.05, 3.63) is 10.2 Å². The van der Waals surface area contributed by atoms with Crippen LogP contribution in [-0.4, -0.2) is 58.9 Å². The Labute approximate surface area is 180 Å². The third kappa shape index (κ3) is 8.22. The predicted octanol–water partition coefficient (Wildman–Crippen LogP) is 3.70. The number of aromatic nitrogens is 2. The first kappa shape index (κ1) is 25.2. The van der Waals surface area contributed by atoms with E-state index in [2.05, 4.69) is 26.3 Å². The number of carboxylic acid groups (broad SMARTS) is 1. The second kappa shape index (κ2) is 10.3. The Morgan fingerprint density at radius 3 is 2.31 bits per heavy atom. The fourth-order valence-electron chi connectivity index (χ4n) is 2.38. The van der Waals surface area contributed by atoms with E-state index in [1.54, 1.807) is 27.9 Å². The van der Waals surface area contributed by atoms with E-state index in [4.69, 9.17) is 14.2 Å². The zero-order valence-electron chi connectivity index (χ0n) is 18.2. The summed E-state index contributed by atoms with van der Waals surface area (Å²) in [4.78, 5) is 24.1. The molecule has 1 atom stereocenters. The zero-order chi connectivity index (χ0) is 22.4. The summed E-state index contributed by atoms with van der Waals surface area (Å²) in [5.74, 6) is -0.968. The summed E-state index contributed by atoms with van der Waals surface area (Å²) in [5.41, 5.74) is -1.08. The SMILES string of the molecule is COCCCOc1nn(CC(NC(=O)OC(C)(C)C)C(C)(C)C)c(C(=O)O)c1Br. The van der Waals surface area contributed by atoms with Crippen LogP contribution in [0.3, 0.4) is 0 Å². The summed E-state index contributed by atoms with van der Waals surface area (Å²) in [7, 11) is 1.59. The first-order chi connectivity index (χ1) is 13.3. The normalized spacial score (nSPS) is 13.1. The highest BCUT2D eigenvalue weighted by molar-refractivity contribution is 9.10. The number of methoxy groups -OCH3 is 1. The van der Waals surface area contributed by atoms with E-state index in [1.165, 1.54) is 4.68 Å². The van der Waals surface area contributed by atoms with Gasteiger partial charge in [-0.05, 0) is 42.1 Å². The molecule has 0 aliphatic heterocycles. The summed E-state index contributed by atoms with van der Waals surface area (Å²) in [6, 6.07) is -0.441. The summed E-state index contributed by atoms with van der Waals surface area (Å²) in [5, 5.41) is 16.8. The lowest BCUT2D eigenvalue weighted by molar-refractivity contribution is 0.0451. The molecule has 0 saturated heterocycles. The first-order valence-corrected chi connectivity index (χ1v) is 10.2. The molecule has 0 aliphatic carbocycles. The highest BCUT2D eigenvalue weighted by atomic mass is 79.9. The van der Waals surface area contributed by atoms with E-state index < -0.39 is 23.7 Å². The van der Waals surface area contributed by atoms with Crippen LogP contribution in [0.25, 0.3) is 0 Å². The smallest absolute Gasteiger partial charge is 0.407 e. The summed E-state index contributed by atoms with van der Waals surface area (Å²) >= 11 is 3.27. The third-order valence-corrected chi connectivity index (χ3v) is 4.61. The number of hydrogen-bond acceptors (Lipinski definition) is 6. The van der Waals surface area contributed by atoms with Crippen LogP contribution in [0.2, 0.25) is 0 Å². The monoisotopic (exact) mass is 477 g/mol. The van der Waals surface area contributed by atoms with E-state index in [0.717, 1.165) is 0 Å². The Morgan fingerprint density at radius 1 is 1.21 bits per heavy atom. The van der Waals surface area contributed by atoms with Crippen molar-refractivity contribution in [1.82, 2.24) is 15.1 Å². The van der Waals surface area contributed by atoms with Gasteiger partial charge in [0.2, 0.25) is 5.88 Å². The molecule has 1 heterocycles. The highest BCUT2D eigenvalue weighted by Crippen LogP contribution is 2.30. The number of rotatable bonds is 9. The van der Waals surface area contributed by atoms with Gasteiger partial charge in [0.25, 0.3) is 0 Å². The number of carboxylic acids is 1. The number of alkyl carbamates (subject to hydrolysis) is 1. The van der Waals surface area contributed by atoms with Gasteiger partial charge in [-0.2, -0.15) is 0 Å². The molecule has 0 aliphatic rings. The Hall–Kier alpha value is -1.81. The lowest BCUT2D eigenvalue weighted by Crippen LogP contribution is -2.48. The van der Waals surface area contributed by atoms with Gasteiger partial charge in [0.15, 0.2) is 5.69 Å². The van der Waals surface area contributed by atoms with E-state index in [1.807, 2.05) is 20.8 Å². The zero-order valence-corrected chi connectivity index (χ0v) is 19.8. The first-order valence-electron chi connectivity index (χ1n) is 9.37. The van der Waals surface area contributed by atoms with Crippen molar-refractivity contribution >= 4 is 28.0 Å². The average Bonchev–Trinajstić information content (AvgIpc) is 2.84. The van der Waals surface area contributed by atoms with Gasteiger partial charge in [-0.25, -0.2) is 9.59 Å². The Kier molecular flexibility index (Phi) is 8.95. The largest absolute Gasteiger partial charge is 0.476 e. The molecule has 2 N–H and O–H groups in total. The molecule has 0 spiro atoms. The van der Waals surface area contributed by atoms with Gasteiger partial charge in [0.1, 0.15) is 10.1 Å². The number of halogens is 1. The quantitative estimate of drug-likeness (QED) is 0.521. The fourth-order valence-corrected chi connectivity index (χ4v) is 2.95. The van der Waals surface area contributed by atoms with Gasteiger partial charge < -0.3 is 24.6 Å². The van der Waals surface area contributed by atoms with Crippen molar-refractivity contribution in [3.8, 4) is 5.88 Å². The van der Waals surface area contributed by atoms with Crippen LogP contribution in [-0.2, 0) is 16.0 Å². The lowest BCUT2D eigenvalue weighted by Gasteiger charge is -2.32. The van der Waals surface area contributed by atoms with Crippen molar-refractivity contribution in [2.75, 3.05) is 20.3 Å². The van der Waals surface area contributed by atoms with E-state index in [0.29, 0.717) is 19.6 Å². The van der Waals surface area contributed by atoms with E-state index in [9.17, 15) is 14.7 Å². The molecule has 0 saturated carbocycles. The molecule has 1 unspecified atom stereocenters.